The number of amides is 2. The lowest BCUT2D eigenvalue weighted by Crippen LogP contribution is -2.53. The highest BCUT2D eigenvalue weighted by molar-refractivity contribution is 5.92. The van der Waals surface area contributed by atoms with Crippen molar-refractivity contribution in [2.75, 3.05) is 6.54 Å². The maximum absolute atomic E-state index is 12.4. The van der Waals surface area contributed by atoms with E-state index in [-0.39, 0.29) is 30.7 Å². The molecule has 1 saturated heterocycles. The summed E-state index contributed by atoms with van der Waals surface area (Å²) in [5, 5.41) is 11.9. The predicted octanol–water partition coefficient (Wildman–Crippen LogP) is 1.97. The fourth-order valence-electron chi connectivity index (χ4n) is 2.86. The molecule has 6 nitrogen and oxygen atoms in total. The average molecular weight is 332 g/mol. The van der Waals surface area contributed by atoms with Crippen molar-refractivity contribution < 1.29 is 19.5 Å². The second-order valence-corrected chi connectivity index (χ2v) is 6.51. The Morgan fingerprint density at radius 3 is 2.54 bits per heavy atom. The Morgan fingerprint density at radius 2 is 2.00 bits per heavy atom. The van der Waals surface area contributed by atoms with E-state index in [2.05, 4.69) is 5.32 Å². The number of nitrogens with one attached hydrogen (secondary N) is 1. The zero-order valence-electron chi connectivity index (χ0n) is 14.3. The van der Waals surface area contributed by atoms with Crippen molar-refractivity contribution in [2.24, 2.45) is 5.92 Å². The minimum Gasteiger partial charge on any atom is -0.480 e. The van der Waals surface area contributed by atoms with E-state index in [0.717, 1.165) is 5.56 Å². The fourth-order valence-corrected chi connectivity index (χ4v) is 2.86. The van der Waals surface area contributed by atoms with Crippen molar-refractivity contribution in [3.63, 3.8) is 0 Å². The molecule has 6 heteroatoms. The highest BCUT2D eigenvalue weighted by atomic mass is 16.4. The van der Waals surface area contributed by atoms with Gasteiger partial charge in [-0.15, -0.1) is 0 Å². The highest BCUT2D eigenvalue weighted by Crippen LogP contribution is 2.29. The van der Waals surface area contributed by atoms with E-state index in [0.29, 0.717) is 6.54 Å². The molecule has 1 aliphatic heterocycles. The van der Waals surface area contributed by atoms with E-state index in [9.17, 15) is 19.5 Å². The molecule has 1 fully saturated rings. The van der Waals surface area contributed by atoms with Gasteiger partial charge in [-0.2, -0.15) is 0 Å². The van der Waals surface area contributed by atoms with Gasteiger partial charge < -0.3 is 15.3 Å². The molecule has 24 heavy (non-hydrogen) atoms. The van der Waals surface area contributed by atoms with Crippen LogP contribution < -0.4 is 5.32 Å². The maximum Gasteiger partial charge on any atom is 0.329 e. The van der Waals surface area contributed by atoms with E-state index in [1.165, 1.54) is 6.92 Å². The van der Waals surface area contributed by atoms with Gasteiger partial charge in [-0.3, -0.25) is 9.59 Å². The van der Waals surface area contributed by atoms with E-state index in [4.69, 9.17) is 0 Å². The van der Waals surface area contributed by atoms with Crippen LogP contribution in [0.3, 0.4) is 0 Å². The predicted molar refractivity (Wildman–Crippen MR) is 89.2 cm³/mol. The molecule has 1 heterocycles. The van der Waals surface area contributed by atoms with Crippen molar-refractivity contribution in [1.82, 2.24) is 10.2 Å². The van der Waals surface area contributed by atoms with Crippen LogP contribution >= 0.6 is 0 Å². The quantitative estimate of drug-likeness (QED) is 0.834. The second kappa shape index (κ2) is 7.03. The molecule has 0 bridgehead atoms. The highest BCUT2D eigenvalue weighted by Gasteiger charge is 2.40. The van der Waals surface area contributed by atoms with Crippen molar-refractivity contribution >= 4 is 17.8 Å². The van der Waals surface area contributed by atoms with Crippen LogP contribution in [0.25, 0.3) is 0 Å². The summed E-state index contributed by atoms with van der Waals surface area (Å²) in [5.74, 6) is -2.05. The molecule has 1 aromatic carbocycles. The summed E-state index contributed by atoms with van der Waals surface area (Å²) in [6, 6.07) is 9.52. The number of likely N-dealkylation sites (tertiary alicyclic amines) is 1. The number of benzene rings is 1. The second-order valence-electron chi connectivity index (χ2n) is 6.51. The third-order valence-electron chi connectivity index (χ3n) is 4.86. The molecule has 2 amide bonds. The van der Waals surface area contributed by atoms with Crippen LogP contribution in [0.4, 0.5) is 0 Å². The van der Waals surface area contributed by atoms with Gasteiger partial charge in [-0.1, -0.05) is 37.3 Å². The third-order valence-corrected chi connectivity index (χ3v) is 4.86. The Kier molecular flexibility index (Phi) is 5.26. The topological polar surface area (TPSA) is 86.7 Å². The first-order chi connectivity index (χ1) is 11.3. The number of carbonyl (C=O) groups is 3. The first-order valence-electron chi connectivity index (χ1n) is 8.18. The van der Waals surface area contributed by atoms with E-state index >= 15 is 0 Å². The number of carbonyl (C=O) groups excluding carboxylic acids is 2. The molecule has 2 rings (SSSR count). The lowest BCUT2D eigenvalue weighted by atomic mass is 9.97. The number of carboxylic acids is 1. The van der Waals surface area contributed by atoms with Gasteiger partial charge in [0.05, 0.1) is 12.0 Å². The number of nitrogens with zero attached hydrogens (tertiary/aromatic N) is 1. The largest absolute Gasteiger partial charge is 0.480 e. The summed E-state index contributed by atoms with van der Waals surface area (Å²) < 4.78 is 0. The monoisotopic (exact) mass is 332 g/mol. The molecule has 0 saturated carbocycles. The van der Waals surface area contributed by atoms with Crippen molar-refractivity contribution in [3.8, 4) is 0 Å². The Bertz CT molecular complexity index is 631. The summed E-state index contributed by atoms with van der Waals surface area (Å²) in [6.45, 7) is 5.42. The minimum atomic E-state index is -1.31. The molecule has 130 valence electrons. The molecule has 0 radical (unpaired) electrons. The minimum absolute atomic E-state index is 0.0833. The van der Waals surface area contributed by atoms with Gasteiger partial charge in [-0.05, 0) is 25.8 Å². The Morgan fingerprint density at radius 1 is 1.38 bits per heavy atom. The molecular weight excluding hydrogens is 308 g/mol. The first kappa shape index (κ1) is 18.0. The van der Waals surface area contributed by atoms with Gasteiger partial charge in [0.1, 0.15) is 5.54 Å². The van der Waals surface area contributed by atoms with Gasteiger partial charge in [0.25, 0.3) is 0 Å². The molecule has 0 aliphatic carbocycles. The summed E-state index contributed by atoms with van der Waals surface area (Å²) in [4.78, 5) is 37.7. The lowest BCUT2D eigenvalue weighted by Gasteiger charge is -2.27. The summed E-state index contributed by atoms with van der Waals surface area (Å²) in [5.41, 5.74) is -0.297. The van der Waals surface area contributed by atoms with Crippen LogP contribution in [0.1, 0.15) is 45.2 Å². The first-order valence-corrected chi connectivity index (χ1v) is 8.18. The normalized spacial score (nSPS) is 21.2. The van der Waals surface area contributed by atoms with Crippen molar-refractivity contribution in [1.29, 1.82) is 0 Å². The van der Waals surface area contributed by atoms with Crippen molar-refractivity contribution in [2.45, 2.75) is 45.2 Å². The Balaban J connectivity index is 2.06. The maximum atomic E-state index is 12.4. The van der Waals surface area contributed by atoms with Gasteiger partial charge in [0, 0.05) is 13.0 Å². The Hall–Kier alpha value is -2.37. The smallest absolute Gasteiger partial charge is 0.329 e. The number of hydrogen-bond acceptors (Lipinski definition) is 3. The summed E-state index contributed by atoms with van der Waals surface area (Å²) >= 11 is 0. The van der Waals surface area contributed by atoms with Gasteiger partial charge >= 0.3 is 5.97 Å². The molecule has 0 spiro atoms. The van der Waals surface area contributed by atoms with Crippen LogP contribution in [0.2, 0.25) is 0 Å². The molecule has 3 atom stereocenters. The Labute approximate surface area is 141 Å². The average Bonchev–Trinajstić information content (AvgIpc) is 2.96. The lowest BCUT2D eigenvalue weighted by molar-refractivity contribution is -0.147. The molecule has 1 aliphatic rings. The van der Waals surface area contributed by atoms with Gasteiger partial charge in [0.15, 0.2) is 0 Å². The SMILES string of the molecule is CCC(C)(NC(=O)C1CC(=O)N(C(C)c2ccccc2)C1)C(=O)O. The van der Waals surface area contributed by atoms with Crippen molar-refractivity contribution in [3.05, 3.63) is 35.9 Å². The fraction of sp³-hybridized carbons (Fsp3) is 0.500. The standard InChI is InChI=1S/C18H24N2O4/c1-4-18(3,17(23)24)19-16(22)14-10-15(21)20(11-14)12(2)13-8-6-5-7-9-13/h5-9,12,14H,4,10-11H2,1-3H3,(H,19,22)(H,23,24). The van der Waals surface area contributed by atoms with E-state index < -0.39 is 17.4 Å². The van der Waals surface area contributed by atoms with Crippen LogP contribution in [0.5, 0.6) is 0 Å². The van der Waals surface area contributed by atoms with Crippen LogP contribution in [-0.2, 0) is 14.4 Å². The van der Waals surface area contributed by atoms with Gasteiger partial charge in [0.2, 0.25) is 11.8 Å². The number of aliphatic carboxylic acids is 1. The molecule has 3 unspecified atom stereocenters. The van der Waals surface area contributed by atoms with Crippen LogP contribution in [0, 0.1) is 5.92 Å². The van der Waals surface area contributed by atoms with Gasteiger partial charge in [-0.25, -0.2) is 4.79 Å². The third kappa shape index (κ3) is 3.58. The van der Waals surface area contributed by atoms with Crippen LogP contribution in [0.15, 0.2) is 30.3 Å². The van der Waals surface area contributed by atoms with E-state index in [1.54, 1.807) is 11.8 Å². The molecule has 0 aromatic heterocycles. The summed E-state index contributed by atoms with van der Waals surface area (Å²) in [7, 11) is 0. The van der Waals surface area contributed by atoms with E-state index in [1.807, 2.05) is 37.3 Å². The molecule has 1 aromatic rings. The zero-order valence-corrected chi connectivity index (χ0v) is 14.3. The molecule has 2 N–H and O–H groups in total. The zero-order chi connectivity index (χ0) is 17.9. The molecular formula is C18H24N2O4. The number of hydrogen-bond donors (Lipinski definition) is 2. The van der Waals surface area contributed by atoms with Crippen LogP contribution in [-0.4, -0.2) is 39.9 Å². The summed E-state index contributed by atoms with van der Waals surface area (Å²) in [6.07, 6.45) is 0.390. The number of rotatable bonds is 6. The number of carboxylic acid groups (broad SMARTS) is 1.